The molecule has 0 radical (unpaired) electrons. The number of fused-ring (bicyclic) bond motifs is 1. The fourth-order valence-electron chi connectivity index (χ4n) is 2.04. The maximum absolute atomic E-state index is 12.2. The van der Waals surface area contributed by atoms with Crippen LogP contribution in [0.5, 0.6) is 0 Å². The van der Waals surface area contributed by atoms with E-state index >= 15 is 0 Å². The van der Waals surface area contributed by atoms with Crippen molar-refractivity contribution in [3.63, 3.8) is 0 Å². The van der Waals surface area contributed by atoms with Crippen LogP contribution in [-0.2, 0) is 0 Å². The molecule has 3 aromatic rings. The summed E-state index contributed by atoms with van der Waals surface area (Å²) >= 11 is 3.20. The van der Waals surface area contributed by atoms with Gasteiger partial charge in [-0.15, -0.1) is 0 Å². The minimum absolute atomic E-state index is 0.256. The summed E-state index contributed by atoms with van der Waals surface area (Å²) in [5, 5.41) is 5.81. The molecular formula is C16H11BrN2O2. The zero-order valence-electron chi connectivity index (χ0n) is 10.9. The molecule has 104 valence electrons. The van der Waals surface area contributed by atoms with Crippen molar-refractivity contribution in [2.75, 3.05) is 0 Å². The molecule has 0 aliphatic heterocycles. The number of nitrogens with zero attached hydrogens (tertiary/aromatic N) is 1. The second-order valence-electron chi connectivity index (χ2n) is 4.37. The number of hydrogen-bond donors (Lipinski definition) is 1. The van der Waals surface area contributed by atoms with Gasteiger partial charge in [-0.1, -0.05) is 36.4 Å². The van der Waals surface area contributed by atoms with E-state index in [1.165, 1.54) is 6.21 Å². The third-order valence-electron chi connectivity index (χ3n) is 2.99. The van der Waals surface area contributed by atoms with E-state index in [0.29, 0.717) is 16.0 Å². The number of furan rings is 1. The number of amides is 1. The van der Waals surface area contributed by atoms with Gasteiger partial charge in [0.15, 0.2) is 4.67 Å². The molecule has 0 aliphatic carbocycles. The first-order valence-corrected chi connectivity index (χ1v) is 7.10. The number of rotatable bonds is 3. The van der Waals surface area contributed by atoms with Crippen LogP contribution in [0.3, 0.4) is 0 Å². The average molecular weight is 343 g/mol. The summed E-state index contributed by atoms with van der Waals surface area (Å²) in [6.07, 6.45) is 1.45. The minimum Gasteiger partial charge on any atom is -0.448 e. The number of hydrogen-bond acceptors (Lipinski definition) is 3. The van der Waals surface area contributed by atoms with Gasteiger partial charge in [0, 0.05) is 5.56 Å². The molecule has 0 spiro atoms. The smallest absolute Gasteiger partial charge is 0.271 e. The van der Waals surface area contributed by atoms with Gasteiger partial charge in [0.1, 0.15) is 5.76 Å². The topological polar surface area (TPSA) is 54.6 Å². The number of nitrogens with one attached hydrogen (secondary N) is 1. The number of benzene rings is 2. The van der Waals surface area contributed by atoms with E-state index in [1.54, 1.807) is 18.2 Å². The molecule has 0 atom stereocenters. The van der Waals surface area contributed by atoms with Crippen molar-refractivity contribution >= 4 is 38.8 Å². The van der Waals surface area contributed by atoms with Crippen molar-refractivity contribution in [2.24, 2.45) is 5.10 Å². The molecule has 0 aliphatic rings. The van der Waals surface area contributed by atoms with E-state index in [0.717, 1.165) is 10.8 Å². The highest BCUT2D eigenvalue weighted by Crippen LogP contribution is 2.18. The van der Waals surface area contributed by atoms with Crippen molar-refractivity contribution < 1.29 is 9.21 Å². The van der Waals surface area contributed by atoms with Crippen LogP contribution in [0, 0.1) is 0 Å². The van der Waals surface area contributed by atoms with Crippen LogP contribution in [0.25, 0.3) is 10.8 Å². The normalized spacial score (nSPS) is 11.1. The highest BCUT2D eigenvalue weighted by Gasteiger charge is 2.08. The van der Waals surface area contributed by atoms with Crippen molar-refractivity contribution in [3.05, 3.63) is 70.6 Å². The third kappa shape index (κ3) is 3.03. The fourth-order valence-corrected chi connectivity index (χ4v) is 2.35. The van der Waals surface area contributed by atoms with Gasteiger partial charge >= 0.3 is 0 Å². The molecular weight excluding hydrogens is 332 g/mol. The zero-order valence-corrected chi connectivity index (χ0v) is 12.5. The second kappa shape index (κ2) is 5.93. The lowest BCUT2D eigenvalue weighted by molar-refractivity contribution is 0.0957. The number of halogens is 1. The molecule has 0 unspecified atom stereocenters. The van der Waals surface area contributed by atoms with Gasteiger partial charge in [-0.3, -0.25) is 4.79 Å². The van der Waals surface area contributed by atoms with Crippen LogP contribution in [0.1, 0.15) is 16.1 Å². The van der Waals surface area contributed by atoms with Crippen molar-refractivity contribution in [1.82, 2.24) is 5.43 Å². The molecule has 5 heteroatoms. The Labute approximate surface area is 129 Å². The SMILES string of the molecule is O=C(N/N=C\c1ccc(Br)o1)c1cccc2ccccc12. The Balaban J connectivity index is 1.80. The van der Waals surface area contributed by atoms with Crippen LogP contribution in [0.2, 0.25) is 0 Å². The average Bonchev–Trinajstić information content (AvgIpc) is 2.92. The zero-order chi connectivity index (χ0) is 14.7. The molecule has 3 rings (SSSR count). The van der Waals surface area contributed by atoms with Gasteiger partial charge in [0.2, 0.25) is 0 Å². The van der Waals surface area contributed by atoms with Gasteiger partial charge in [-0.05, 0) is 44.9 Å². The van der Waals surface area contributed by atoms with Crippen LogP contribution in [0.15, 0.2) is 68.8 Å². The highest BCUT2D eigenvalue weighted by atomic mass is 79.9. The van der Waals surface area contributed by atoms with Gasteiger partial charge in [-0.2, -0.15) is 5.10 Å². The summed E-state index contributed by atoms with van der Waals surface area (Å²) in [5.74, 6) is 0.300. The molecule has 1 amide bonds. The second-order valence-corrected chi connectivity index (χ2v) is 5.15. The standard InChI is InChI=1S/C16H11BrN2O2/c17-15-9-8-12(21-15)10-18-19-16(20)14-7-3-5-11-4-1-2-6-13(11)14/h1-10H,(H,19,20)/b18-10-. The van der Waals surface area contributed by atoms with Crippen LogP contribution in [-0.4, -0.2) is 12.1 Å². The molecule has 0 fully saturated rings. The predicted octanol–water partition coefficient (Wildman–Crippen LogP) is 3.96. The Hall–Kier alpha value is -2.40. The molecule has 1 aromatic heterocycles. The lowest BCUT2D eigenvalue weighted by Gasteiger charge is -2.04. The maximum atomic E-state index is 12.2. The molecule has 4 nitrogen and oxygen atoms in total. The molecule has 2 aromatic carbocycles. The lowest BCUT2D eigenvalue weighted by atomic mass is 10.0. The quantitative estimate of drug-likeness (QED) is 0.578. The van der Waals surface area contributed by atoms with E-state index in [1.807, 2.05) is 36.4 Å². The van der Waals surface area contributed by atoms with Gasteiger partial charge in [0.05, 0.1) is 6.21 Å². The number of carbonyl (C=O) groups is 1. The largest absolute Gasteiger partial charge is 0.448 e. The predicted molar refractivity (Wildman–Crippen MR) is 85.4 cm³/mol. The maximum Gasteiger partial charge on any atom is 0.271 e. The van der Waals surface area contributed by atoms with Crippen LogP contribution in [0.4, 0.5) is 0 Å². The summed E-state index contributed by atoms with van der Waals surface area (Å²) in [5.41, 5.74) is 3.09. The van der Waals surface area contributed by atoms with Crippen LogP contribution < -0.4 is 5.43 Å². The summed E-state index contributed by atoms with van der Waals surface area (Å²) in [7, 11) is 0. The van der Waals surface area contributed by atoms with Crippen LogP contribution >= 0.6 is 15.9 Å². The highest BCUT2D eigenvalue weighted by molar-refractivity contribution is 9.10. The van der Waals surface area contributed by atoms with Crippen molar-refractivity contribution in [3.8, 4) is 0 Å². The molecule has 0 saturated heterocycles. The third-order valence-corrected chi connectivity index (χ3v) is 3.41. The summed E-state index contributed by atoms with van der Waals surface area (Å²) in [6.45, 7) is 0. The molecule has 0 saturated carbocycles. The number of hydrazone groups is 1. The Bertz CT molecular complexity index is 819. The van der Waals surface area contributed by atoms with E-state index in [2.05, 4.69) is 26.5 Å². The Kier molecular flexibility index (Phi) is 3.83. The van der Waals surface area contributed by atoms with Gasteiger partial charge < -0.3 is 4.42 Å². The van der Waals surface area contributed by atoms with Crippen molar-refractivity contribution in [1.29, 1.82) is 0 Å². The number of carbonyl (C=O) groups excluding carboxylic acids is 1. The molecule has 21 heavy (non-hydrogen) atoms. The van der Waals surface area contributed by atoms with Crippen molar-refractivity contribution in [2.45, 2.75) is 0 Å². The van der Waals surface area contributed by atoms with Gasteiger partial charge in [-0.25, -0.2) is 5.43 Å². The van der Waals surface area contributed by atoms with E-state index in [4.69, 9.17) is 4.42 Å². The first-order chi connectivity index (χ1) is 10.2. The molecule has 1 heterocycles. The summed E-state index contributed by atoms with van der Waals surface area (Å²) in [6, 6.07) is 16.8. The summed E-state index contributed by atoms with van der Waals surface area (Å²) in [4.78, 5) is 12.2. The Morgan fingerprint density at radius 3 is 2.71 bits per heavy atom. The summed E-state index contributed by atoms with van der Waals surface area (Å²) < 4.78 is 5.87. The van der Waals surface area contributed by atoms with E-state index in [-0.39, 0.29) is 5.91 Å². The molecule has 0 bridgehead atoms. The Morgan fingerprint density at radius 1 is 1.10 bits per heavy atom. The Morgan fingerprint density at radius 2 is 1.90 bits per heavy atom. The minimum atomic E-state index is -0.256. The monoisotopic (exact) mass is 342 g/mol. The lowest BCUT2D eigenvalue weighted by Crippen LogP contribution is -2.17. The molecule has 1 N–H and O–H groups in total. The van der Waals surface area contributed by atoms with Gasteiger partial charge in [0.25, 0.3) is 5.91 Å². The van der Waals surface area contributed by atoms with E-state index in [9.17, 15) is 4.79 Å². The fraction of sp³-hybridized carbons (Fsp3) is 0. The van der Waals surface area contributed by atoms with E-state index < -0.39 is 0 Å². The first-order valence-electron chi connectivity index (χ1n) is 6.30. The first kappa shape index (κ1) is 13.6.